The molecule has 0 spiro atoms. The van der Waals surface area contributed by atoms with Crippen molar-refractivity contribution in [3.05, 3.63) is 59.7 Å². The van der Waals surface area contributed by atoms with Crippen LogP contribution >= 0.6 is 0 Å². The maximum Gasteiger partial charge on any atom is 0.237 e. The highest BCUT2D eigenvalue weighted by Crippen LogP contribution is 2.26. The molecule has 3 atom stereocenters. The number of carbonyl (C=O) groups is 2. The number of fused-ring (bicyclic) bond motifs is 1. The van der Waals surface area contributed by atoms with Crippen LogP contribution in [0.4, 0.5) is 5.69 Å². The Hall–Kier alpha value is -3.10. The topological polar surface area (TPSA) is 85.9 Å². The molecule has 3 unspecified atom stereocenters. The monoisotopic (exact) mass is 479 g/mol. The molecule has 2 amide bonds. The molecule has 0 bridgehead atoms. The number of amides is 2. The van der Waals surface area contributed by atoms with Crippen LogP contribution in [0.15, 0.2) is 48.5 Å². The van der Waals surface area contributed by atoms with Crippen molar-refractivity contribution in [2.45, 2.75) is 50.5 Å². The van der Waals surface area contributed by atoms with E-state index in [1.54, 1.807) is 7.11 Å². The van der Waals surface area contributed by atoms with Crippen LogP contribution < -0.4 is 25.6 Å². The normalized spacial score (nSPS) is 21.8. The van der Waals surface area contributed by atoms with Crippen LogP contribution in [0.5, 0.6) is 5.75 Å². The van der Waals surface area contributed by atoms with E-state index >= 15 is 0 Å². The Morgan fingerprint density at radius 1 is 1.09 bits per heavy atom. The van der Waals surface area contributed by atoms with Gasteiger partial charge in [-0.1, -0.05) is 24.3 Å². The molecule has 2 aromatic carbocycles. The molecule has 0 aromatic heterocycles. The summed E-state index contributed by atoms with van der Waals surface area (Å²) in [6.45, 7) is 2.70. The number of hydrogen-bond acceptors (Lipinski definition) is 6. The van der Waals surface area contributed by atoms with Gasteiger partial charge >= 0.3 is 0 Å². The zero-order valence-corrected chi connectivity index (χ0v) is 20.9. The highest BCUT2D eigenvalue weighted by Gasteiger charge is 2.43. The van der Waals surface area contributed by atoms with E-state index in [1.165, 1.54) is 11.3 Å². The van der Waals surface area contributed by atoms with Crippen molar-refractivity contribution in [2.24, 2.45) is 0 Å². The first-order valence-electron chi connectivity index (χ1n) is 12.4. The molecule has 2 saturated heterocycles. The maximum atomic E-state index is 12.5. The number of nitrogens with one attached hydrogen (secondary N) is 3. The number of carbonyl (C=O) groups excluding carboxylic acids is 2. The zero-order valence-electron chi connectivity index (χ0n) is 20.9. The van der Waals surface area contributed by atoms with Gasteiger partial charge in [-0.05, 0) is 48.2 Å². The molecule has 8 heteroatoms. The number of methoxy groups -OCH3 is 1. The summed E-state index contributed by atoms with van der Waals surface area (Å²) in [6, 6.07) is 16.5. The average Bonchev–Trinajstić information content (AvgIpc) is 3.32. The summed E-state index contributed by atoms with van der Waals surface area (Å²) in [7, 11) is 5.71. The van der Waals surface area contributed by atoms with Crippen LogP contribution in [0, 0.1) is 0 Å². The number of ether oxygens (including phenoxy) is 1. The van der Waals surface area contributed by atoms with Crippen molar-refractivity contribution in [1.82, 2.24) is 20.9 Å². The second kappa shape index (κ2) is 11.6. The van der Waals surface area contributed by atoms with Gasteiger partial charge in [-0.3, -0.25) is 14.5 Å². The molecule has 188 valence electrons. The molecule has 0 radical (unpaired) electrons. The van der Waals surface area contributed by atoms with Crippen LogP contribution in [0.3, 0.4) is 0 Å². The average molecular weight is 480 g/mol. The first kappa shape index (κ1) is 25.0. The lowest BCUT2D eigenvalue weighted by Gasteiger charge is -2.37. The quantitative estimate of drug-likeness (QED) is 0.483. The van der Waals surface area contributed by atoms with E-state index in [1.807, 2.05) is 38.4 Å². The zero-order chi connectivity index (χ0) is 24.8. The molecule has 8 nitrogen and oxygen atoms in total. The fraction of sp³-hybridized carbons (Fsp3) is 0.481. The molecule has 2 heterocycles. The van der Waals surface area contributed by atoms with Crippen LogP contribution in [0.1, 0.15) is 30.4 Å². The number of hydrogen-bond donors (Lipinski definition) is 3. The molecular formula is C27H37N5O3. The Labute approximate surface area is 208 Å². The summed E-state index contributed by atoms with van der Waals surface area (Å²) in [5.41, 5.74) is 3.45. The first-order valence-corrected chi connectivity index (χ1v) is 12.4. The van der Waals surface area contributed by atoms with Crippen molar-refractivity contribution >= 4 is 17.5 Å². The van der Waals surface area contributed by atoms with E-state index in [-0.39, 0.29) is 29.9 Å². The van der Waals surface area contributed by atoms with Crippen molar-refractivity contribution in [3.8, 4) is 5.75 Å². The number of anilines is 1. The van der Waals surface area contributed by atoms with Crippen LogP contribution in [-0.2, 0) is 22.7 Å². The van der Waals surface area contributed by atoms with Gasteiger partial charge in [-0.15, -0.1) is 0 Å². The second-order valence-corrected chi connectivity index (χ2v) is 9.65. The first-order chi connectivity index (χ1) is 16.9. The van der Waals surface area contributed by atoms with Crippen molar-refractivity contribution in [2.75, 3.05) is 39.2 Å². The maximum absolute atomic E-state index is 12.5. The van der Waals surface area contributed by atoms with Crippen LogP contribution in [-0.4, -0.2) is 69.1 Å². The number of rotatable bonds is 10. The highest BCUT2D eigenvalue weighted by molar-refractivity contribution is 5.83. The minimum Gasteiger partial charge on any atom is -0.497 e. The van der Waals surface area contributed by atoms with Crippen molar-refractivity contribution in [3.63, 3.8) is 0 Å². The molecule has 0 aliphatic carbocycles. The molecule has 35 heavy (non-hydrogen) atoms. The minimum atomic E-state index is -0.121. The van der Waals surface area contributed by atoms with E-state index in [9.17, 15) is 9.59 Å². The number of nitrogens with zero attached hydrogens (tertiary/aromatic N) is 2. The largest absolute Gasteiger partial charge is 0.497 e. The van der Waals surface area contributed by atoms with Crippen molar-refractivity contribution in [1.29, 1.82) is 0 Å². The van der Waals surface area contributed by atoms with Gasteiger partial charge in [0.1, 0.15) is 5.75 Å². The second-order valence-electron chi connectivity index (χ2n) is 9.65. The van der Waals surface area contributed by atoms with Gasteiger partial charge in [-0.25, -0.2) is 0 Å². The molecule has 2 fully saturated rings. The van der Waals surface area contributed by atoms with Crippen molar-refractivity contribution < 1.29 is 14.3 Å². The Bertz CT molecular complexity index is 993. The van der Waals surface area contributed by atoms with E-state index in [0.717, 1.165) is 37.2 Å². The Morgan fingerprint density at radius 2 is 1.77 bits per heavy atom. The van der Waals surface area contributed by atoms with Gasteiger partial charge < -0.3 is 25.6 Å². The van der Waals surface area contributed by atoms with Gasteiger partial charge in [0.25, 0.3) is 0 Å². The summed E-state index contributed by atoms with van der Waals surface area (Å²) >= 11 is 0. The molecule has 0 saturated carbocycles. The summed E-state index contributed by atoms with van der Waals surface area (Å²) in [6.07, 6.45) is 1.96. The fourth-order valence-electron chi connectivity index (χ4n) is 4.90. The minimum absolute atomic E-state index is 0.0318. The summed E-state index contributed by atoms with van der Waals surface area (Å²) < 4.78 is 5.17. The predicted octanol–water partition coefficient (Wildman–Crippen LogP) is 1.89. The third-order valence-electron chi connectivity index (χ3n) is 7.02. The third kappa shape index (κ3) is 6.52. The van der Waals surface area contributed by atoms with E-state index in [0.29, 0.717) is 19.5 Å². The summed E-state index contributed by atoms with van der Waals surface area (Å²) in [4.78, 5) is 29.4. The number of benzene rings is 2. The van der Waals surface area contributed by atoms with Gasteiger partial charge in [0, 0.05) is 64.5 Å². The molecule has 2 aliphatic rings. The smallest absolute Gasteiger partial charge is 0.237 e. The lowest BCUT2D eigenvalue weighted by molar-refractivity contribution is -0.129. The van der Waals surface area contributed by atoms with Crippen LogP contribution in [0.2, 0.25) is 0 Å². The van der Waals surface area contributed by atoms with Gasteiger partial charge in [0.15, 0.2) is 0 Å². The SMILES string of the molecule is COc1ccc(CNC(=O)CCC2CNC(=O)C3CC(NCc4ccc(N(C)C)cc4)CN23)cc1. The Kier molecular flexibility index (Phi) is 8.25. The summed E-state index contributed by atoms with van der Waals surface area (Å²) in [5.74, 6) is 0.934. The Balaban J connectivity index is 1.24. The molecule has 4 rings (SSSR count). The predicted molar refractivity (Wildman–Crippen MR) is 137 cm³/mol. The summed E-state index contributed by atoms with van der Waals surface area (Å²) in [5, 5.41) is 9.68. The van der Waals surface area contributed by atoms with Gasteiger partial charge in [-0.2, -0.15) is 0 Å². The standard InChI is InChI=1S/C27H37N5O3/c1-31(2)22-8-4-19(5-9-22)15-28-21-14-25-27(34)30-17-23(32(25)18-21)10-13-26(33)29-16-20-6-11-24(35-3)12-7-20/h4-9,11-12,21,23,25,28H,10,13-18H2,1-3H3,(H,29,33)(H,30,34). The molecule has 2 aliphatic heterocycles. The van der Waals surface area contributed by atoms with Crippen LogP contribution in [0.25, 0.3) is 0 Å². The Morgan fingerprint density at radius 3 is 2.46 bits per heavy atom. The fourth-order valence-corrected chi connectivity index (χ4v) is 4.90. The van der Waals surface area contributed by atoms with Gasteiger partial charge in [0.2, 0.25) is 11.8 Å². The van der Waals surface area contributed by atoms with E-state index < -0.39 is 0 Å². The lowest BCUT2D eigenvalue weighted by atomic mass is 10.0. The van der Waals surface area contributed by atoms with E-state index in [2.05, 4.69) is 50.0 Å². The number of piperazine rings is 1. The molecular weight excluding hydrogens is 442 g/mol. The van der Waals surface area contributed by atoms with Gasteiger partial charge in [0.05, 0.1) is 13.2 Å². The highest BCUT2D eigenvalue weighted by atomic mass is 16.5. The lowest BCUT2D eigenvalue weighted by Crippen LogP contribution is -2.58. The molecule has 3 N–H and O–H groups in total. The molecule has 2 aromatic rings. The van der Waals surface area contributed by atoms with E-state index in [4.69, 9.17) is 4.74 Å². The third-order valence-corrected chi connectivity index (χ3v) is 7.02.